The van der Waals surface area contributed by atoms with Crippen molar-refractivity contribution in [3.05, 3.63) is 101 Å². The van der Waals surface area contributed by atoms with E-state index in [1.807, 2.05) is 0 Å². The molecule has 2 aromatic carbocycles. The van der Waals surface area contributed by atoms with E-state index in [0.29, 0.717) is 12.8 Å². The molecule has 0 radical (unpaired) electrons. The Morgan fingerprint density at radius 2 is 0.816 bits per heavy atom. The molecule has 268 valence electrons. The molecule has 0 fully saturated rings. The van der Waals surface area contributed by atoms with Crippen LogP contribution in [0.2, 0.25) is 0 Å². The summed E-state index contributed by atoms with van der Waals surface area (Å²) in [6, 6.07) is 9.56. The third-order valence-electron chi connectivity index (χ3n) is 9.09. The van der Waals surface area contributed by atoms with Crippen LogP contribution < -0.4 is 5.63 Å². The van der Waals surface area contributed by atoms with Gasteiger partial charge >= 0.3 is 295 Å². The van der Waals surface area contributed by atoms with Crippen molar-refractivity contribution in [3.63, 3.8) is 0 Å². The Balaban J connectivity index is 2.29. The van der Waals surface area contributed by atoms with Crippen LogP contribution in [0.1, 0.15) is 107 Å². The maximum absolute atomic E-state index is 14.2. The molecule has 0 bridgehead atoms. The summed E-state index contributed by atoms with van der Waals surface area (Å²) in [5.41, 5.74) is 0.425. The topological polar surface area (TPSA) is 18.5 Å². The summed E-state index contributed by atoms with van der Waals surface area (Å²) in [5.74, 6) is -0.0566. The number of alkyl halides is 6. The molecular weight excluding hydrogens is 718 g/mol. The monoisotopic (exact) mass is 766 g/mol. The van der Waals surface area contributed by atoms with Gasteiger partial charge in [0, 0.05) is 0 Å². The third kappa shape index (κ3) is 8.34. The molecule has 0 N–H and O–H groups in total. The molecule has 0 heterocycles. The van der Waals surface area contributed by atoms with Crippen molar-refractivity contribution in [1.29, 1.82) is 0 Å². The molecule has 0 atom stereocenters. The van der Waals surface area contributed by atoms with Gasteiger partial charge in [0.15, 0.2) is 0 Å². The fraction of sp³-hybridized carbons (Fsp3) is 0.500. The predicted octanol–water partition coefficient (Wildman–Crippen LogP) is 13.5. The molecule has 0 aliphatic heterocycles. The van der Waals surface area contributed by atoms with Gasteiger partial charge in [-0.25, -0.2) is 0 Å². The first-order chi connectivity index (χ1) is 22.1. The Bertz CT molecular complexity index is 1580. The van der Waals surface area contributed by atoms with Gasteiger partial charge in [-0.3, -0.25) is 0 Å². The summed E-state index contributed by atoms with van der Waals surface area (Å²) in [7, 11) is 0. The van der Waals surface area contributed by atoms with Crippen molar-refractivity contribution >= 4 is 0 Å². The summed E-state index contributed by atoms with van der Waals surface area (Å²) in [5, 5.41) is 0. The summed E-state index contributed by atoms with van der Waals surface area (Å²) >= 11 is -5.60. The quantitative estimate of drug-likeness (QED) is 0.273. The van der Waals surface area contributed by atoms with Gasteiger partial charge in [0.2, 0.25) is 0 Å². The van der Waals surface area contributed by atoms with Crippen LogP contribution in [-0.2, 0) is 33.5 Å². The van der Waals surface area contributed by atoms with Crippen molar-refractivity contribution in [2.24, 2.45) is 21.7 Å². The van der Waals surface area contributed by atoms with E-state index in [9.17, 15) is 26.3 Å². The Labute approximate surface area is 294 Å². The molecule has 0 saturated heterocycles. The van der Waals surface area contributed by atoms with E-state index in [-0.39, 0.29) is 11.5 Å². The van der Waals surface area contributed by atoms with Crippen LogP contribution >= 0.6 is 0 Å². The summed E-state index contributed by atoms with van der Waals surface area (Å²) in [4.78, 5) is 0. The Morgan fingerprint density at radius 3 is 1.08 bits per heavy atom. The first-order valence-corrected chi connectivity index (χ1v) is 21.2. The SMILES string of the molecule is CC(C)(C)C1=CCC(C(C)(C)C)=[C]1[Zr]([O]c1cccc(C(F)(F)F)c1)([O]c1cccc(C(F)(F)F)c1)[C]1=C(C(C)(C)C)CC=C1C(C)(C)C. The van der Waals surface area contributed by atoms with E-state index in [4.69, 9.17) is 5.63 Å². The van der Waals surface area contributed by atoms with Gasteiger partial charge in [-0.05, 0) is 0 Å². The fourth-order valence-electron chi connectivity index (χ4n) is 6.77. The van der Waals surface area contributed by atoms with Crippen LogP contribution in [0, 0.1) is 21.7 Å². The Morgan fingerprint density at radius 1 is 0.490 bits per heavy atom. The van der Waals surface area contributed by atoms with Crippen LogP contribution in [-0.4, -0.2) is 0 Å². The average molecular weight is 768 g/mol. The minimum absolute atomic E-state index is 0.0283. The number of hydrogen-bond acceptors (Lipinski definition) is 2. The summed E-state index contributed by atoms with van der Waals surface area (Å²) in [6.45, 7) is 24.9. The van der Waals surface area contributed by atoms with Crippen molar-refractivity contribution in [3.8, 4) is 11.5 Å². The molecule has 2 aliphatic carbocycles. The van der Waals surface area contributed by atoms with Crippen molar-refractivity contribution in [1.82, 2.24) is 0 Å². The second-order valence-electron chi connectivity index (χ2n) is 17.2. The van der Waals surface area contributed by atoms with E-state index >= 15 is 0 Å². The first kappa shape index (κ1) is 39.3. The average Bonchev–Trinajstić information content (AvgIpc) is 3.59. The van der Waals surface area contributed by atoms with Gasteiger partial charge in [-0.2, -0.15) is 0 Å². The number of allylic oxidation sites excluding steroid dienone is 8. The Kier molecular flexibility index (Phi) is 10.3. The molecule has 0 aromatic heterocycles. The molecule has 2 aliphatic rings. The first-order valence-electron chi connectivity index (χ1n) is 16.7. The molecular formula is C40H50F6O2Zr. The summed E-state index contributed by atoms with van der Waals surface area (Å²) in [6.07, 6.45) is -3.85. The fourth-order valence-corrected chi connectivity index (χ4v) is 19.1. The molecule has 0 unspecified atom stereocenters. The van der Waals surface area contributed by atoms with Crippen molar-refractivity contribution in [2.45, 2.75) is 108 Å². The van der Waals surface area contributed by atoms with Crippen LogP contribution in [0.4, 0.5) is 26.3 Å². The molecule has 49 heavy (non-hydrogen) atoms. The van der Waals surface area contributed by atoms with Crippen LogP contribution in [0.15, 0.2) is 89.5 Å². The third-order valence-corrected chi connectivity index (χ3v) is 17.7. The molecule has 9 heteroatoms. The standard InChI is InChI=1S/2C13H21.2C7H5F3O.Zr/c2*1-12(2,3)10-7-8-11(9-10)13(4,5)6;2*8-7(9,10)5-2-1-3-6(11)4-5;/h2*7H,8H2,1-6H3;2*1-4,11H;/q;;;;+2/p-2. The van der Waals surface area contributed by atoms with Gasteiger partial charge in [0.25, 0.3) is 0 Å². The van der Waals surface area contributed by atoms with Gasteiger partial charge < -0.3 is 0 Å². The minimum atomic E-state index is -5.60. The van der Waals surface area contributed by atoms with E-state index < -0.39 is 66.3 Å². The van der Waals surface area contributed by atoms with Gasteiger partial charge in [0.1, 0.15) is 0 Å². The molecule has 2 aromatic rings. The van der Waals surface area contributed by atoms with Gasteiger partial charge in [-0.15, -0.1) is 0 Å². The number of benzene rings is 2. The predicted molar refractivity (Wildman–Crippen MR) is 181 cm³/mol. The van der Waals surface area contributed by atoms with Gasteiger partial charge in [-0.1, -0.05) is 0 Å². The van der Waals surface area contributed by atoms with Crippen molar-refractivity contribution < 1.29 is 53.1 Å². The molecule has 0 saturated carbocycles. The van der Waals surface area contributed by atoms with Gasteiger partial charge in [0.05, 0.1) is 0 Å². The normalized spacial score (nSPS) is 17.1. The zero-order valence-corrected chi connectivity index (χ0v) is 33.2. The number of halogens is 6. The van der Waals surface area contributed by atoms with E-state index in [0.717, 1.165) is 53.1 Å². The summed E-state index contributed by atoms with van der Waals surface area (Å²) < 4.78 is 101. The van der Waals surface area contributed by atoms with Crippen LogP contribution in [0.5, 0.6) is 11.5 Å². The second kappa shape index (κ2) is 12.9. The molecule has 0 amide bonds. The molecule has 4 rings (SSSR count). The zero-order valence-electron chi connectivity index (χ0n) is 30.8. The van der Waals surface area contributed by atoms with E-state index in [1.165, 1.54) is 24.3 Å². The number of hydrogen-bond donors (Lipinski definition) is 0. The van der Waals surface area contributed by atoms with Crippen LogP contribution in [0.25, 0.3) is 0 Å². The Hall–Kier alpha value is -2.54. The van der Waals surface area contributed by atoms with E-state index in [1.54, 1.807) is 0 Å². The van der Waals surface area contributed by atoms with Crippen molar-refractivity contribution in [2.75, 3.05) is 0 Å². The van der Waals surface area contributed by atoms with Crippen LogP contribution in [0.3, 0.4) is 0 Å². The maximum atomic E-state index is 14.2. The van der Waals surface area contributed by atoms with E-state index in [2.05, 4.69) is 95.2 Å². The number of rotatable bonds is 6. The second-order valence-corrected chi connectivity index (χ2v) is 23.7. The zero-order chi connectivity index (χ0) is 37.2. The molecule has 0 spiro atoms. The molecule has 2 nitrogen and oxygen atoms in total.